The number of benzene rings is 5. The van der Waals surface area contributed by atoms with Crippen LogP contribution in [0.1, 0.15) is 0 Å². The normalized spacial score (nSPS) is 12.2. The van der Waals surface area contributed by atoms with Crippen LogP contribution in [0.2, 0.25) is 19.6 Å². The van der Waals surface area contributed by atoms with Gasteiger partial charge >= 0.3 is 0 Å². The van der Waals surface area contributed by atoms with Gasteiger partial charge < -0.3 is 0 Å². The van der Waals surface area contributed by atoms with E-state index in [2.05, 4.69) is 111 Å². The molecule has 154 valence electrons. The monoisotopic (exact) mass is 427 g/mol. The number of nitrogens with zero attached hydrogens (tertiary/aromatic N) is 1. The summed E-state index contributed by atoms with van der Waals surface area (Å²) >= 11 is 0. The van der Waals surface area contributed by atoms with Crippen molar-refractivity contribution in [3.63, 3.8) is 0 Å². The standard InChI is InChI=1S/C30H25NSi/c1-32(2,3)22-13-15-24-21(18-22)12-14-28-27(24)16-17-31-30(28)29-19-20-8-4-5-9-23(20)25-10-6-7-11-26(25)29/h4-19H,1-3H3. The number of hydrogen-bond acceptors (Lipinski definition) is 1. The first-order valence-electron chi connectivity index (χ1n) is 11.2. The fraction of sp³-hybridized carbons (Fsp3) is 0.100. The molecule has 1 aromatic heterocycles. The summed E-state index contributed by atoms with van der Waals surface area (Å²) in [5.41, 5.74) is 2.25. The molecule has 0 aliphatic carbocycles. The molecule has 0 spiro atoms. The van der Waals surface area contributed by atoms with E-state index in [1.165, 1.54) is 53.8 Å². The molecule has 6 rings (SSSR count). The molecule has 0 atom stereocenters. The molecular formula is C30H25NSi. The zero-order valence-corrected chi connectivity index (χ0v) is 19.7. The van der Waals surface area contributed by atoms with E-state index in [0.717, 1.165) is 5.69 Å². The van der Waals surface area contributed by atoms with Gasteiger partial charge in [-0.05, 0) is 49.8 Å². The molecule has 0 amide bonds. The zero-order valence-electron chi connectivity index (χ0n) is 18.7. The van der Waals surface area contributed by atoms with Crippen LogP contribution in [-0.2, 0) is 0 Å². The van der Waals surface area contributed by atoms with E-state index in [9.17, 15) is 0 Å². The molecule has 0 aliphatic rings. The molecule has 0 fully saturated rings. The third-order valence-corrected chi connectivity index (χ3v) is 8.69. The van der Waals surface area contributed by atoms with Crippen molar-refractivity contribution < 1.29 is 0 Å². The molecule has 6 aromatic rings. The Morgan fingerprint density at radius 1 is 0.531 bits per heavy atom. The first-order valence-corrected chi connectivity index (χ1v) is 14.7. The highest BCUT2D eigenvalue weighted by Crippen LogP contribution is 2.38. The van der Waals surface area contributed by atoms with Crippen molar-refractivity contribution in [1.29, 1.82) is 0 Å². The quantitative estimate of drug-likeness (QED) is 0.202. The summed E-state index contributed by atoms with van der Waals surface area (Å²) in [5, 5.41) is 11.7. The van der Waals surface area contributed by atoms with Crippen molar-refractivity contribution in [2.45, 2.75) is 19.6 Å². The van der Waals surface area contributed by atoms with Gasteiger partial charge in [-0.1, -0.05) is 104 Å². The molecule has 0 aliphatic heterocycles. The number of fused-ring (bicyclic) bond motifs is 6. The lowest BCUT2D eigenvalue weighted by Crippen LogP contribution is -2.37. The number of pyridine rings is 1. The smallest absolute Gasteiger partial charge is 0.0786 e. The van der Waals surface area contributed by atoms with Gasteiger partial charge in [-0.2, -0.15) is 0 Å². The van der Waals surface area contributed by atoms with Crippen molar-refractivity contribution in [1.82, 2.24) is 4.98 Å². The van der Waals surface area contributed by atoms with Gasteiger partial charge in [0.25, 0.3) is 0 Å². The van der Waals surface area contributed by atoms with E-state index >= 15 is 0 Å². The Kier molecular flexibility index (Phi) is 4.21. The minimum Gasteiger partial charge on any atom is -0.256 e. The second-order valence-electron chi connectivity index (χ2n) is 9.70. The summed E-state index contributed by atoms with van der Waals surface area (Å²) in [5.74, 6) is 0. The molecule has 0 unspecified atom stereocenters. The highest BCUT2D eigenvalue weighted by atomic mass is 28.3. The molecule has 1 nitrogen and oxygen atoms in total. The summed E-state index contributed by atoms with van der Waals surface area (Å²) < 4.78 is 0. The fourth-order valence-corrected chi connectivity index (χ4v) is 6.10. The summed E-state index contributed by atoms with van der Waals surface area (Å²) in [6, 6.07) is 33.4. The van der Waals surface area contributed by atoms with Crippen LogP contribution < -0.4 is 5.19 Å². The molecule has 0 saturated heterocycles. The van der Waals surface area contributed by atoms with Gasteiger partial charge in [0.05, 0.1) is 13.8 Å². The van der Waals surface area contributed by atoms with Gasteiger partial charge in [-0.25, -0.2) is 0 Å². The van der Waals surface area contributed by atoms with Crippen molar-refractivity contribution in [3.05, 3.63) is 97.2 Å². The van der Waals surface area contributed by atoms with Gasteiger partial charge in [0.15, 0.2) is 0 Å². The molecule has 1 heterocycles. The van der Waals surface area contributed by atoms with Crippen LogP contribution in [0.15, 0.2) is 97.2 Å². The first-order chi connectivity index (χ1) is 15.5. The second-order valence-corrected chi connectivity index (χ2v) is 14.8. The number of rotatable bonds is 2. The van der Waals surface area contributed by atoms with Crippen molar-refractivity contribution in [2.24, 2.45) is 0 Å². The van der Waals surface area contributed by atoms with Gasteiger partial charge in [0.2, 0.25) is 0 Å². The summed E-state index contributed by atoms with van der Waals surface area (Å²) in [6.07, 6.45) is 1.97. The first kappa shape index (κ1) is 19.2. The van der Waals surface area contributed by atoms with Gasteiger partial charge in [-0.15, -0.1) is 0 Å². The highest BCUT2D eigenvalue weighted by Gasteiger charge is 2.18. The minimum atomic E-state index is -1.35. The summed E-state index contributed by atoms with van der Waals surface area (Å²) in [6.45, 7) is 7.21. The summed E-state index contributed by atoms with van der Waals surface area (Å²) in [7, 11) is -1.35. The second kappa shape index (κ2) is 7.01. The number of hydrogen-bond donors (Lipinski definition) is 0. The Balaban J connectivity index is 1.68. The molecular weight excluding hydrogens is 402 g/mol. The molecule has 5 aromatic carbocycles. The maximum absolute atomic E-state index is 4.90. The lowest BCUT2D eigenvalue weighted by atomic mass is 9.92. The van der Waals surface area contributed by atoms with E-state index in [1.54, 1.807) is 0 Å². The lowest BCUT2D eigenvalue weighted by Gasteiger charge is -2.18. The largest absolute Gasteiger partial charge is 0.256 e. The van der Waals surface area contributed by atoms with E-state index in [0.29, 0.717) is 0 Å². The van der Waals surface area contributed by atoms with E-state index in [-0.39, 0.29) is 0 Å². The van der Waals surface area contributed by atoms with Crippen LogP contribution in [-0.4, -0.2) is 13.1 Å². The minimum absolute atomic E-state index is 1.06. The van der Waals surface area contributed by atoms with Crippen LogP contribution in [0.25, 0.3) is 54.3 Å². The molecule has 0 N–H and O–H groups in total. The average Bonchev–Trinajstić information content (AvgIpc) is 2.82. The van der Waals surface area contributed by atoms with Gasteiger partial charge in [0, 0.05) is 17.1 Å². The Labute approximate surface area is 189 Å². The molecule has 32 heavy (non-hydrogen) atoms. The number of aromatic nitrogens is 1. The van der Waals surface area contributed by atoms with E-state index in [4.69, 9.17) is 4.98 Å². The van der Waals surface area contributed by atoms with E-state index < -0.39 is 8.07 Å². The van der Waals surface area contributed by atoms with Crippen molar-refractivity contribution >= 4 is 56.4 Å². The maximum atomic E-state index is 4.90. The fourth-order valence-electron chi connectivity index (χ4n) is 4.93. The van der Waals surface area contributed by atoms with Crippen LogP contribution in [0.4, 0.5) is 0 Å². The lowest BCUT2D eigenvalue weighted by molar-refractivity contribution is 1.37. The van der Waals surface area contributed by atoms with Crippen LogP contribution in [0.5, 0.6) is 0 Å². The molecule has 0 radical (unpaired) electrons. The topological polar surface area (TPSA) is 12.9 Å². The van der Waals surface area contributed by atoms with Crippen molar-refractivity contribution in [2.75, 3.05) is 0 Å². The Bertz CT molecular complexity index is 1660. The Morgan fingerprint density at radius 2 is 1.16 bits per heavy atom. The molecule has 2 heteroatoms. The maximum Gasteiger partial charge on any atom is 0.0786 e. The molecule has 0 saturated carbocycles. The third-order valence-electron chi connectivity index (χ3n) is 6.65. The highest BCUT2D eigenvalue weighted by molar-refractivity contribution is 6.88. The summed E-state index contributed by atoms with van der Waals surface area (Å²) in [4.78, 5) is 4.90. The predicted octanol–water partition coefficient (Wildman–Crippen LogP) is 7.91. The van der Waals surface area contributed by atoms with Gasteiger partial charge in [-0.3, -0.25) is 4.98 Å². The SMILES string of the molecule is C[Si](C)(C)c1ccc2c(ccc3c(-c4cc5ccccc5c5ccccc45)nccc32)c1. The molecule has 0 bridgehead atoms. The van der Waals surface area contributed by atoms with Gasteiger partial charge in [0.1, 0.15) is 0 Å². The average molecular weight is 428 g/mol. The third kappa shape index (κ3) is 2.95. The van der Waals surface area contributed by atoms with Crippen LogP contribution >= 0.6 is 0 Å². The zero-order chi connectivity index (χ0) is 21.9. The Hall–Kier alpha value is -3.49. The van der Waals surface area contributed by atoms with E-state index in [1.807, 2.05) is 6.20 Å². The van der Waals surface area contributed by atoms with Crippen molar-refractivity contribution in [3.8, 4) is 11.3 Å². The van der Waals surface area contributed by atoms with Crippen LogP contribution in [0.3, 0.4) is 0 Å². The predicted molar refractivity (Wildman–Crippen MR) is 143 cm³/mol. The Morgan fingerprint density at radius 3 is 1.97 bits per heavy atom. The van der Waals surface area contributed by atoms with Crippen LogP contribution in [0, 0.1) is 0 Å².